The van der Waals surface area contributed by atoms with Crippen LogP contribution in [-0.4, -0.2) is 57.0 Å². The lowest BCUT2D eigenvalue weighted by Gasteiger charge is -2.63. The zero-order valence-electron chi connectivity index (χ0n) is 17.2. The van der Waals surface area contributed by atoms with E-state index >= 15 is 8.78 Å². The highest BCUT2D eigenvalue weighted by atomic mass is 19.2. The maximum absolute atomic E-state index is 16.9. The van der Waals surface area contributed by atoms with E-state index in [-0.39, 0.29) is 12.8 Å². The standard InChI is InChI=1S/C22H27F3O5/c1-10-6-11-12-7-13(23)17-18(24)14(27)4-5-19(17,2)21(12,25)15(28)8-20(11,3)22(10,30)16(29)9-26/h4-5,10-13,15,26,28,30H,6-9H2,1-3H3/t10?,11-,12-,13?,15?,19-,20-,21-,22-/m0/s1. The van der Waals surface area contributed by atoms with Gasteiger partial charge in [0.15, 0.2) is 17.3 Å². The molecule has 4 aliphatic rings. The lowest BCUT2D eigenvalue weighted by molar-refractivity contribution is -0.224. The molecule has 3 N–H and O–H groups in total. The van der Waals surface area contributed by atoms with Crippen molar-refractivity contribution in [3.05, 3.63) is 23.6 Å². The topological polar surface area (TPSA) is 94.8 Å². The van der Waals surface area contributed by atoms with Crippen LogP contribution < -0.4 is 0 Å². The van der Waals surface area contributed by atoms with Crippen molar-refractivity contribution in [2.75, 3.05) is 6.61 Å². The molecule has 4 rings (SSSR count). The summed E-state index contributed by atoms with van der Waals surface area (Å²) in [6, 6.07) is 0. The number of carbonyl (C=O) groups excluding carboxylic acids is 2. The summed E-state index contributed by atoms with van der Waals surface area (Å²) in [7, 11) is 0. The molecule has 3 saturated carbocycles. The Morgan fingerprint density at radius 2 is 1.90 bits per heavy atom. The van der Waals surface area contributed by atoms with Crippen molar-refractivity contribution in [3.8, 4) is 0 Å². The Bertz CT molecular complexity index is 886. The van der Waals surface area contributed by atoms with E-state index in [0.717, 1.165) is 12.2 Å². The zero-order valence-corrected chi connectivity index (χ0v) is 17.2. The molecule has 3 fully saturated rings. The summed E-state index contributed by atoms with van der Waals surface area (Å²) in [6.07, 6.45) is -2.27. The third kappa shape index (κ3) is 2.15. The molecule has 4 aliphatic carbocycles. The number of allylic oxidation sites excluding steroid dienone is 4. The highest BCUT2D eigenvalue weighted by Gasteiger charge is 2.76. The molecule has 166 valence electrons. The average molecular weight is 428 g/mol. The van der Waals surface area contributed by atoms with Gasteiger partial charge < -0.3 is 15.3 Å². The maximum Gasteiger partial charge on any atom is 0.213 e. The second kappa shape index (κ2) is 6.26. The first-order chi connectivity index (χ1) is 13.8. The second-order valence-electron chi connectivity index (χ2n) is 9.93. The van der Waals surface area contributed by atoms with Gasteiger partial charge in [0.05, 0.1) is 6.10 Å². The number of ketones is 2. The number of hydrogen-bond acceptors (Lipinski definition) is 5. The van der Waals surface area contributed by atoms with Gasteiger partial charge in [0, 0.05) is 22.3 Å². The molecule has 0 heterocycles. The van der Waals surface area contributed by atoms with Gasteiger partial charge in [-0.25, -0.2) is 13.2 Å². The molecule has 0 aromatic rings. The van der Waals surface area contributed by atoms with Crippen LogP contribution >= 0.6 is 0 Å². The van der Waals surface area contributed by atoms with Crippen molar-refractivity contribution in [1.29, 1.82) is 0 Å². The SMILES string of the molecule is CC1C[C@H]2[C@@H]3CC(F)C4=C(F)C(=O)C=C[C@]4(C)[C@@]3(F)C(O)C[C@]2(C)[C@@]1(O)C(=O)CO. The fraction of sp³-hybridized carbons (Fsp3) is 0.727. The molecular formula is C22H27F3O5. The minimum Gasteiger partial charge on any atom is -0.390 e. The van der Waals surface area contributed by atoms with Crippen molar-refractivity contribution in [3.63, 3.8) is 0 Å². The lowest BCUT2D eigenvalue weighted by Crippen LogP contribution is -2.70. The molecule has 0 bridgehead atoms. The molecule has 0 spiro atoms. The first-order valence-corrected chi connectivity index (χ1v) is 10.3. The molecule has 30 heavy (non-hydrogen) atoms. The van der Waals surface area contributed by atoms with E-state index in [2.05, 4.69) is 0 Å². The van der Waals surface area contributed by atoms with E-state index in [1.165, 1.54) is 6.92 Å². The molecule has 0 radical (unpaired) electrons. The van der Waals surface area contributed by atoms with Crippen LogP contribution in [0.3, 0.4) is 0 Å². The minimum atomic E-state index is -2.49. The first kappa shape index (κ1) is 21.7. The van der Waals surface area contributed by atoms with E-state index in [9.17, 15) is 29.3 Å². The van der Waals surface area contributed by atoms with Crippen molar-refractivity contribution in [2.45, 2.75) is 63.6 Å². The van der Waals surface area contributed by atoms with Gasteiger partial charge in [-0.05, 0) is 44.1 Å². The summed E-state index contributed by atoms with van der Waals surface area (Å²) >= 11 is 0. The van der Waals surface area contributed by atoms with Crippen molar-refractivity contribution in [2.24, 2.45) is 28.6 Å². The van der Waals surface area contributed by atoms with Gasteiger partial charge in [-0.3, -0.25) is 9.59 Å². The fourth-order valence-electron chi connectivity index (χ4n) is 7.35. The van der Waals surface area contributed by atoms with Crippen LogP contribution in [-0.2, 0) is 9.59 Å². The summed E-state index contributed by atoms with van der Waals surface area (Å²) in [5.41, 5.74) is -8.24. The Morgan fingerprint density at radius 1 is 1.27 bits per heavy atom. The van der Waals surface area contributed by atoms with Crippen molar-refractivity contribution < 1.29 is 38.1 Å². The molecule has 0 aliphatic heterocycles. The maximum atomic E-state index is 16.9. The largest absolute Gasteiger partial charge is 0.390 e. The number of carbonyl (C=O) groups is 2. The average Bonchev–Trinajstić information content (AvgIpc) is 2.88. The quantitative estimate of drug-likeness (QED) is 0.627. The predicted octanol–water partition coefficient (Wildman–Crippen LogP) is 2.14. The van der Waals surface area contributed by atoms with Gasteiger partial charge in [0.2, 0.25) is 5.78 Å². The highest BCUT2D eigenvalue weighted by molar-refractivity contribution is 6.04. The van der Waals surface area contributed by atoms with Gasteiger partial charge in [-0.15, -0.1) is 0 Å². The highest BCUT2D eigenvalue weighted by Crippen LogP contribution is 2.71. The van der Waals surface area contributed by atoms with Crippen LogP contribution in [0.1, 0.15) is 40.0 Å². The lowest BCUT2D eigenvalue weighted by atomic mass is 9.44. The van der Waals surface area contributed by atoms with Crippen molar-refractivity contribution in [1.82, 2.24) is 0 Å². The summed E-state index contributed by atoms with van der Waals surface area (Å²) < 4.78 is 46.8. The second-order valence-corrected chi connectivity index (χ2v) is 9.93. The third-order valence-electron chi connectivity index (χ3n) is 8.86. The molecule has 5 nitrogen and oxygen atoms in total. The number of rotatable bonds is 2. The molecule has 3 unspecified atom stereocenters. The molecular weight excluding hydrogens is 401 g/mol. The fourth-order valence-corrected chi connectivity index (χ4v) is 7.35. The van der Waals surface area contributed by atoms with Crippen LogP contribution in [0.25, 0.3) is 0 Å². The van der Waals surface area contributed by atoms with Gasteiger partial charge in [0.1, 0.15) is 18.4 Å². The first-order valence-electron chi connectivity index (χ1n) is 10.3. The molecule has 0 aromatic carbocycles. The van der Waals surface area contributed by atoms with Crippen LogP contribution in [0, 0.1) is 28.6 Å². The van der Waals surface area contributed by atoms with Gasteiger partial charge in [-0.1, -0.05) is 19.9 Å². The normalized spacial score (nSPS) is 52.7. The Labute approximate surface area is 172 Å². The van der Waals surface area contributed by atoms with Gasteiger partial charge in [-0.2, -0.15) is 0 Å². The Kier molecular flexibility index (Phi) is 4.53. The van der Waals surface area contributed by atoms with Gasteiger partial charge in [0.25, 0.3) is 0 Å². The van der Waals surface area contributed by atoms with E-state index in [1.54, 1.807) is 13.8 Å². The molecule has 0 amide bonds. The number of aliphatic hydroxyl groups excluding tert-OH is 2. The Hall–Kier alpha value is -1.51. The zero-order chi connectivity index (χ0) is 22.4. The number of aliphatic hydroxyl groups is 3. The van der Waals surface area contributed by atoms with Crippen LogP contribution in [0.5, 0.6) is 0 Å². The summed E-state index contributed by atoms with van der Waals surface area (Å²) in [4.78, 5) is 24.3. The van der Waals surface area contributed by atoms with Crippen molar-refractivity contribution >= 4 is 11.6 Å². The van der Waals surface area contributed by atoms with E-state index in [4.69, 9.17) is 0 Å². The summed E-state index contributed by atoms with van der Waals surface area (Å²) in [5.74, 6) is -5.62. The third-order valence-corrected chi connectivity index (χ3v) is 8.86. The molecule has 0 aromatic heterocycles. The molecule has 9 atom stereocenters. The number of halogens is 3. The van der Waals surface area contributed by atoms with E-state index in [0.29, 0.717) is 0 Å². The smallest absolute Gasteiger partial charge is 0.213 e. The monoisotopic (exact) mass is 428 g/mol. The minimum absolute atomic E-state index is 0.189. The Balaban J connectivity index is 1.89. The van der Waals surface area contributed by atoms with E-state index < -0.39 is 88.1 Å². The summed E-state index contributed by atoms with van der Waals surface area (Å²) in [6.45, 7) is 3.57. The number of alkyl halides is 2. The number of Topliss-reactive ketones (excluding diaryl/α,β-unsaturated/α-hetero) is 1. The summed E-state index contributed by atoms with van der Waals surface area (Å²) in [5, 5.41) is 31.8. The molecule has 0 saturated heterocycles. The van der Waals surface area contributed by atoms with Crippen LogP contribution in [0.4, 0.5) is 13.2 Å². The number of hydrogen-bond donors (Lipinski definition) is 3. The van der Waals surface area contributed by atoms with Crippen LogP contribution in [0.2, 0.25) is 0 Å². The number of fused-ring (bicyclic) bond motifs is 5. The van der Waals surface area contributed by atoms with Gasteiger partial charge >= 0.3 is 0 Å². The molecule has 8 heteroatoms. The predicted molar refractivity (Wildman–Crippen MR) is 100 cm³/mol. The van der Waals surface area contributed by atoms with Crippen LogP contribution in [0.15, 0.2) is 23.6 Å². The Morgan fingerprint density at radius 3 is 2.50 bits per heavy atom. The van der Waals surface area contributed by atoms with E-state index in [1.807, 2.05) is 0 Å².